The standard InChI is InChI=1S/C15H14ClNO2/c1-12(17(18)19)11-15(16)9-7-14(8-10-15)13-5-3-2-4-6-13/h2-9,11H,10H2,1H3. The molecule has 0 aliphatic heterocycles. The van der Waals surface area contributed by atoms with Crippen molar-refractivity contribution in [2.45, 2.75) is 18.2 Å². The van der Waals surface area contributed by atoms with Crippen LogP contribution in [0.2, 0.25) is 0 Å². The summed E-state index contributed by atoms with van der Waals surface area (Å²) in [6, 6.07) is 9.96. The van der Waals surface area contributed by atoms with Gasteiger partial charge in [-0.05, 0) is 17.6 Å². The van der Waals surface area contributed by atoms with E-state index in [1.807, 2.05) is 48.6 Å². The van der Waals surface area contributed by atoms with E-state index < -0.39 is 9.80 Å². The van der Waals surface area contributed by atoms with Crippen molar-refractivity contribution in [1.29, 1.82) is 0 Å². The molecule has 4 heteroatoms. The van der Waals surface area contributed by atoms with Crippen molar-refractivity contribution < 1.29 is 4.92 Å². The predicted octanol–water partition coefficient (Wildman–Crippen LogP) is 4.19. The van der Waals surface area contributed by atoms with Gasteiger partial charge < -0.3 is 0 Å². The summed E-state index contributed by atoms with van der Waals surface area (Å²) in [5.41, 5.74) is 2.27. The minimum Gasteiger partial charge on any atom is -0.259 e. The molecular weight excluding hydrogens is 262 g/mol. The summed E-state index contributed by atoms with van der Waals surface area (Å²) in [6.07, 6.45) is 7.76. The van der Waals surface area contributed by atoms with E-state index in [1.54, 1.807) is 0 Å². The molecule has 0 spiro atoms. The molecule has 3 nitrogen and oxygen atoms in total. The van der Waals surface area contributed by atoms with Crippen LogP contribution in [0.4, 0.5) is 0 Å². The number of hydrogen-bond acceptors (Lipinski definition) is 2. The summed E-state index contributed by atoms with van der Waals surface area (Å²) >= 11 is 6.35. The Labute approximate surface area is 117 Å². The van der Waals surface area contributed by atoms with Gasteiger partial charge in [-0.1, -0.05) is 48.6 Å². The summed E-state index contributed by atoms with van der Waals surface area (Å²) in [6.45, 7) is 1.45. The summed E-state index contributed by atoms with van der Waals surface area (Å²) in [5, 5.41) is 10.6. The fourth-order valence-electron chi connectivity index (χ4n) is 1.98. The first-order chi connectivity index (χ1) is 9.00. The maximum Gasteiger partial charge on any atom is 0.241 e. The van der Waals surface area contributed by atoms with Gasteiger partial charge in [0.25, 0.3) is 0 Å². The average Bonchev–Trinajstić information content (AvgIpc) is 2.40. The zero-order chi connectivity index (χ0) is 13.9. The number of hydrogen-bond donors (Lipinski definition) is 0. The molecule has 0 radical (unpaired) electrons. The zero-order valence-electron chi connectivity index (χ0n) is 10.5. The molecule has 19 heavy (non-hydrogen) atoms. The monoisotopic (exact) mass is 275 g/mol. The second-order valence-corrected chi connectivity index (χ2v) is 5.24. The van der Waals surface area contributed by atoms with Crippen molar-refractivity contribution in [1.82, 2.24) is 0 Å². The molecule has 0 N–H and O–H groups in total. The van der Waals surface area contributed by atoms with Gasteiger partial charge in [0, 0.05) is 13.0 Å². The lowest BCUT2D eigenvalue weighted by atomic mass is 9.92. The maximum absolute atomic E-state index is 10.6. The van der Waals surface area contributed by atoms with Gasteiger partial charge >= 0.3 is 0 Å². The smallest absolute Gasteiger partial charge is 0.241 e. The molecule has 0 bridgehead atoms. The highest BCUT2D eigenvalue weighted by molar-refractivity contribution is 6.27. The van der Waals surface area contributed by atoms with Crippen molar-refractivity contribution in [3.63, 3.8) is 0 Å². The van der Waals surface area contributed by atoms with E-state index in [-0.39, 0.29) is 5.70 Å². The fraction of sp³-hybridized carbons (Fsp3) is 0.200. The minimum atomic E-state index is -0.796. The molecule has 98 valence electrons. The number of halogens is 1. The predicted molar refractivity (Wildman–Crippen MR) is 77.5 cm³/mol. The molecule has 1 aromatic rings. The third-order valence-electron chi connectivity index (χ3n) is 3.02. The Morgan fingerprint density at radius 1 is 1.42 bits per heavy atom. The van der Waals surface area contributed by atoms with E-state index in [0.29, 0.717) is 6.42 Å². The van der Waals surface area contributed by atoms with Gasteiger partial charge in [0.15, 0.2) is 0 Å². The molecule has 1 aliphatic carbocycles. The molecule has 2 rings (SSSR count). The highest BCUT2D eigenvalue weighted by Gasteiger charge is 2.25. The lowest BCUT2D eigenvalue weighted by Gasteiger charge is -2.21. The summed E-state index contributed by atoms with van der Waals surface area (Å²) in [7, 11) is 0. The zero-order valence-corrected chi connectivity index (χ0v) is 11.3. The third-order valence-corrected chi connectivity index (χ3v) is 3.41. The van der Waals surface area contributed by atoms with E-state index in [9.17, 15) is 10.1 Å². The number of alkyl halides is 1. The highest BCUT2D eigenvalue weighted by Crippen LogP contribution is 2.33. The van der Waals surface area contributed by atoms with Gasteiger partial charge in [0.1, 0.15) is 0 Å². The molecule has 0 aromatic heterocycles. The first-order valence-electron chi connectivity index (χ1n) is 5.98. The molecule has 0 heterocycles. The fourth-order valence-corrected chi connectivity index (χ4v) is 2.28. The van der Waals surface area contributed by atoms with Crippen molar-refractivity contribution in [3.8, 4) is 0 Å². The molecule has 0 saturated heterocycles. The van der Waals surface area contributed by atoms with Crippen LogP contribution in [-0.4, -0.2) is 9.80 Å². The number of benzene rings is 1. The van der Waals surface area contributed by atoms with Crippen LogP contribution in [0.5, 0.6) is 0 Å². The first-order valence-corrected chi connectivity index (χ1v) is 6.35. The van der Waals surface area contributed by atoms with Gasteiger partial charge in [0.05, 0.1) is 9.80 Å². The van der Waals surface area contributed by atoms with Crippen molar-refractivity contribution in [2.24, 2.45) is 0 Å². The Morgan fingerprint density at radius 2 is 2.11 bits per heavy atom. The highest BCUT2D eigenvalue weighted by atomic mass is 35.5. The van der Waals surface area contributed by atoms with Gasteiger partial charge in [-0.2, -0.15) is 0 Å². The van der Waals surface area contributed by atoms with E-state index in [4.69, 9.17) is 11.6 Å². The molecule has 1 aliphatic rings. The molecule has 1 unspecified atom stereocenters. The third kappa shape index (κ3) is 3.32. The van der Waals surface area contributed by atoms with E-state index in [0.717, 1.165) is 11.1 Å². The van der Waals surface area contributed by atoms with E-state index in [2.05, 4.69) is 0 Å². The van der Waals surface area contributed by atoms with Crippen LogP contribution in [0.15, 0.2) is 60.3 Å². The van der Waals surface area contributed by atoms with Crippen LogP contribution < -0.4 is 0 Å². The van der Waals surface area contributed by atoms with Gasteiger partial charge in [-0.25, -0.2) is 0 Å². The van der Waals surface area contributed by atoms with Crippen LogP contribution in [0.1, 0.15) is 18.9 Å². The Balaban J connectivity index is 2.19. The Bertz CT molecular complexity index is 575. The van der Waals surface area contributed by atoms with Gasteiger partial charge in [0.2, 0.25) is 5.70 Å². The maximum atomic E-state index is 10.6. The summed E-state index contributed by atoms with van der Waals surface area (Å²) in [5.74, 6) is 0. The van der Waals surface area contributed by atoms with Crippen molar-refractivity contribution in [3.05, 3.63) is 76.0 Å². The molecule has 0 fully saturated rings. The lowest BCUT2D eigenvalue weighted by molar-refractivity contribution is -0.424. The SMILES string of the molecule is CC(=CC1(Cl)C=CC(c2ccccc2)=CC1)[N+](=O)[O-]. The molecule has 0 saturated carbocycles. The van der Waals surface area contributed by atoms with Crippen LogP contribution in [0.3, 0.4) is 0 Å². The quantitative estimate of drug-likeness (QED) is 0.472. The van der Waals surface area contributed by atoms with Crippen molar-refractivity contribution in [2.75, 3.05) is 0 Å². The number of nitrogens with zero attached hydrogens (tertiary/aromatic N) is 1. The van der Waals surface area contributed by atoms with E-state index in [1.165, 1.54) is 13.0 Å². The Hall–Kier alpha value is -1.87. The summed E-state index contributed by atoms with van der Waals surface area (Å²) in [4.78, 5) is 9.42. The normalized spacial score (nSPS) is 23.1. The largest absolute Gasteiger partial charge is 0.259 e. The first kappa shape index (κ1) is 13.6. The van der Waals surface area contributed by atoms with Crippen LogP contribution in [-0.2, 0) is 0 Å². The number of nitro groups is 1. The van der Waals surface area contributed by atoms with Crippen LogP contribution in [0.25, 0.3) is 5.57 Å². The molecule has 1 aromatic carbocycles. The van der Waals surface area contributed by atoms with E-state index >= 15 is 0 Å². The molecule has 1 atom stereocenters. The Morgan fingerprint density at radius 3 is 2.63 bits per heavy atom. The number of allylic oxidation sites excluding steroid dienone is 6. The molecular formula is C15H14ClNO2. The second-order valence-electron chi connectivity index (χ2n) is 4.53. The van der Waals surface area contributed by atoms with Crippen LogP contribution in [0, 0.1) is 10.1 Å². The van der Waals surface area contributed by atoms with Crippen LogP contribution >= 0.6 is 11.6 Å². The minimum absolute atomic E-state index is 0.0659. The van der Waals surface area contributed by atoms with Gasteiger partial charge in [-0.3, -0.25) is 10.1 Å². The van der Waals surface area contributed by atoms with Crippen molar-refractivity contribution >= 4 is 17.2 Å². The topological polar surface area (TPSA) is 43.1 Å². The van der Waals surface area contributed by atoms with Gasteiger partial charge in [-0.15, -0.1) is 11.6 Å². The number of rotatable bonds is 3. The summed E-state index contributed by atoms with van der Waals surface area (Å²) < 4.78 is 0. The average molecular weight is 276 g/mol. The lowest BCUT2D eigenvalue weighted by Crippen LogP contribution is -2.18. The second kappa shape index (κ2) is 5.41. The Kier molecular flexibility index (Phi) is 3.86. The molecule has 0 amide bonds.